The summed E-state index contributed by atoms with van der Waals surface area (Å²) in [6.45, 7) is 6.37. The van der Waals surface area contributed by atoms with Crippen LogP contribution in [0.1, 0.15) is 42.4 Å². The molecule has 25 heavy (non-hydrogen) atoms. The van der Waals surface area contributed by atoms with Crippen molar-refractivity contribution < 1.29 is 9.59 Å². The van der Waals surface area contributed by atoms with Gasteiger partial charge in [-0.15, -0.1) is 11.3 Å². The molecule has 0 fully saturated rings. The number of thiophene rings is 1. The number of hydrogen-bond donors (Lipinski definition) is 1. The number of nitrogens with one attached hydrogen (secondary N) is 1. The Morgan fingerprint density at radius 2 is 1.84 bits per heavy atom. The van der Waals surface area contributed by atoms with Crippen molar-refractivity contribution in [1.29, 1.82) is 0 Å². The molecule has 2 aromatic rings. The number of benzene rings is 1. The van der Waals surface area contributed by atoms with Crippen molar-refractivity contribution in [3.63, 3.8) is 0 Å². The lowest BCUT2D eigenvalue weighted by atomic mass is 10.1. The highest BCUT2D eigenvalue weighted by molar-refractivity contribution is 9.11. The van der Waals surface area contributed by atoms with E-state index in [-0.39, 0.29) is 17.9 Å². The molecule has 4 nitrogen and oxygen atoms in total. The lowest BCUT2D eigenvalue weighted by Gasteiger charge is -2.31. The van der Waals surface area contributed by atoms with E-state index in [0.717, 1.165) is 15.8 Å². The average molecular weight is 423 g/mol. The largest absolute Gasteiger partial charge is 0.340 e. The van der Waals surface area contributed by atoms with Crippen molar-refractivity contribution in [3.05, 3.63) is 56.7 Å². The zero-order valence-electron chi connectivity index (χ0n) is 14.7. The Balaban J connectivity index is 2.08. The molecule has 0 saturated carbocycles. The molecule has 0 spiro atoms. The second kappa shape index (κ2) is 9.15. The minimum atomic E-state index is -0.578. The SMILES string of the molecule is CCC(C)N(Cc1ccccc1)C(=O)C(C)NC(=O)c1ccc(Br)s1. The van der Waals surface area contributed by atoms with Crippen LogP contribution in [-0.2, 0) is 11.3 Å². The van der Waals surface area contributed by atoms with Gasteiger partial charge in [-0.1, -0.05) is 37.3 Å². The number of hydrogen-bond acceptors (Lipinski definition) is 3. The normalized spacial score (nSPS) is 13.1. The summed E-state index contributed by atoms with van der Waals surface area (Å²) in [4.78, 5) is 27.7. The predicted molar refractivity (Wildman–Crippen MR) is 106 cm³/mol. The van der Waals surface area contributed by atoms with Crippen LogP contribution in [0.3, 0.4) is 0 Å². The number of carbonyl (C=O) groups is 2. The van der Waals surface area contributed by atoms with Gasteiger partial charge in [0.15, 0.2) is 0 Å². The number of amides is 2. The molecule has 0 bridgehead atoms. The highest BCUT2D eigenvalue weighted by atomic mass is 79.9. The minimum absolute atomic E-state index is 0.0674. The van der Waals surface area contributed by atoms with Gasteiger partial charge in [0.05, 0.1) is 8.66 Å². The van der Waals surface area contributed by atoms with E-state index in [0.29, 0.717) is 11.4 Å². The van der Waals surface area contributed by atoms with E-state index in [4.69, 9.17) is 0 Å². The summed E-state index contributed by atoms with van der Waals surface area (Å²) in [6.07, 6.45) is 0.858. The fraction of sp³-hybridized carbons (Fsp3) is 0.368. The fourth-order valence-electron chi connectivity index (χ4n) is 2.47. The maximum Gasteiger partial charge on any atom is 0.262 e. The van der Waals surface area contributed by atoms with Crippen LogP contribution in [0.4, 0.5) is 0 Å². The van der Waals surface area contributed by atoms with Crippen LogP contribution < -0.4 is 5.32 Å². The topological polar surface area (TPSA) is 49.4 Å². The molecule has 0 radical (unpaired) electrons. The standard InChI is InChI=1S/C19H23BrN2O2S/c1-4-13(2)22(12-15-8-6-5-7-9-15)19(24)14(3)21-18(23)16-10-11-17(20)25-16/h5-11,13-14H,4,12H2,1-3H3,(H,21,23). The van der Waals surface area contributed by atoms with Gasteiger partial charge in [-0.3, -0.25) is 9.59 Å². The zero-order valence-corrected chi connectivity index (χ0v) is 17.1. The molecule has 1 aromatic carbocycles. The molecule has 1 aromatic heterocycles. The molecule has 2 rings (SSSR count). The minimum Gasteiger partial charge on any atom is -0.340 e. The molecule has 0 aliphatic rings. The van der Waals surface area contributed by atoms with E-state index in [1.165, 1.54) is 11.3 Å². The highest BCUT2D eigenvalue weighted by Crippen LogP contribution is 2.22. The van der Waals surface area contributed by atoms with Gasteiger partial charge in [-0.2, -0.15) is 0 Å². The van der Waals surface area contributed by atoms with Crippen molar-refractivity contribution in [3.8, 4) is 0 Å². The lowest BCUT2D eigenvalue weighted by Crippen LogP contribution is -2.49. The third-order valence-electron chi connectivity index (χ3n) is 4.12. The van der Waals surface area contributed by atoms with Crippen LogP contribution in [0.15, 0.2) is 46.3 Å². The van der Waals surface area contributed by atoms with Gasteiger partial charge < -0.3 is 10.2 Å². The summed E-state index contributed by atoms with van der Waals surface area (Å²) >= 11 is 4.70. The van der Waals surface area contributed by atoms with Crippen molar-refractivity contribution in [1.82, 2.24) is 10.2 Å². The summed E-state index contributed by atoms with van der Waals surface area (Å²) in [7, 11) is 0. The molecule has 1 heterocycles. The highest BCUT2D eigenvalue weighted by Gasteiger charge is 2.26. The average Bonchev–Trinajstić information content (AvgIpc) is 3.05. The van der Waals surface area contributed by atoms with Crippen molar-refractivity contribution in [2.24, 2.45) is 0 Å². The maximum absolute atomic E-state index is 12.9. The van der Waals surface area contributed by atoms with E-state index in [2.05, 4.69) is 28.2 Å². The molecular formula is C19H23BrN2O2S. The lowest BCUT2D eigenvalue weighted by molar-refractivity contribution is -0.135. The molecule has 2 amide bonds. The van der Waals surface area contributed by atoms with E-state index < -0.39 is 6.04 Å². The Hall–Kier alpha value is -1.66. The third kappa shape index (κ3) is 5.41. The first-order chi connectivity index (χ1) is 11.9. The fourth-order valence-corrected chi connectivity index (χ4v) is 3.76. The summed E-state index contributed by atoms with van der Waals surface area (Å²) in [5, 5.41) is 2.81. The number of halogens is 1. The van der Waals surface area contributed by atoms with Crippen LogP contribution in [0.2, 0.25) is 0 Å². The molecule has 0 saturated heterocycles. The second-order valence-electron chi connectivity index (χ2n) is 6.01. The Labute approximate surface area is 161 Å². The molecule has 0 aliphatic carbocycles. The van der Waals surface area contributed by atoms with Crippen molar-refractivity contribution >= 4 is 39.1 Å². The number of carbonyl (C=O) groups excluding carboxylic acids is 2. The van der Waals surface area contributed by atoms with Crippen LogP contribution in [0, 0.1) is 0 Å². The molecular weight excluding hydrogens is 400 g/mol. The summed E-state index contributed by atoms with van der Waals surface area (Å²) < 4.78 is 0.891. The summed E-state index contributed by atoms with van der Waals surface area (Å²) in [6, 6.07) is 13.0. The third-order valence-corrected chi connectivity index (χ3v) is 5.74. The van der Waals surface area contributed by atoms with Crippen molar-refractivity contribution in [2.45, 2.75) is 45.8 Å². The van der Waals surface area contributed by atoms with Gasteiger partial charge >= 0.3 is 0 Å². The van der Waals surface area contributed by atoms with Gasteiger partial charge in [-0.25, -0.2) is 0 Å². The van der Waals surface area contributed by atoms with Crippen LogP contribution in [-0.4, -0.2) is 28.8 Å². The summed E-state index contributed by atoms with van der Waals surface area (Å²) in [5.41, 5.74) is 1.08. The van der Waals surface area contributed by atoms with Gasteiger partial charge in [-0.05, 0) is 53.9 Å². The van der Waals surface area contributed by atoms with Crippen LogP contribution in [0.25, 0.3) is 0 Å². The second-order valence-corrected chi connectivity index (χ2v) is 8.47. The number of nitrogens with zero attached hydrogens (tertiary/aromatic N) is 1. The van der Waals surface area contributed by atoms with E-state index >= 15 is 0 Å². The zero-order chi connectivity index (χ0) is 18.4. The van der Waals surface area contributed by atoms with Gasteiger partial charge in [0.1, 0.15) is 6.04 Å². The maximum atomic E-state index is 12.9. The van der Waals surface area contributed by atoms with Gasteiger partial charge in [0.25, 0.3) is 5.91 Å². The van der Waals surface area contributed by atoms with E-state index in [9.17, 15) is 9.59 Å². The molecule has 1 N–H and O–H groups in total. The quantitative estimate of drug-likeness (QED) is 0.715. The smallest absolute Gasteiger partial charge is 0.262 e. The molecule has 0 aliphatic heterocycles. The number of rotatable bonds is 7. The monoisotopic (exact) mass is 422 g/mol. The van der Waals surface area contributed by atoms with Crippen molar-refractivity contribution in [2.75, 3.05) is 0 Å². The Morgan fingerprint density at radius 1 is 1.16 bits per heavy atom. The Bertz CT molecular complexity index is 717. The van der Waals surface area contributed by atoms with Crippen LogP contribution >= 0.6 is 27.3 Å². The van der Waals surface area contributed by atoms with E-state index in [1.807, 2.05) is 48.2 Å². The Morgan fingerprint density at radius 3 is 2.40 bits per heavy atom. The first kappa shape index (κ1) is 19.7. The van der Waals surface area contributed by atoms with Gasteiger partial charge in [0.2, 0.25) is 5.91 Å². The van der Waals surface area contributed by atoms with E-state index in [1.54, 1.807) is 13.0 Å². The molecule has 2 unspecified atom stereocenters. The molecule has 2 atom stereocenters. The first-order valence-corrected chi connectivity index (χ1v) is 9.94. The predicted octanol–water partition coefficient (Wildman–Crippen LogP) is 4.46. The Kier molecular flexibility index (Phi) is 7.20. The molecule has 134 valence electrons. The summed E-state index contributed by atoms with van der Waals surface area (Å²) in [5.74, 6) is -0.289. The molecule has 6 heteroatoms. The van der Waals surface area contributed by atoms with Crippen LogP contribution in [0.5, 0.6) is 0 Å². The van der Waals surface area contributed by atoms with Gasteiger partial charge in [0, 0.05) is 12.6 Å². The first-order valence-electron chi connectivity index (χ1n) is 8.33.